The molecular weight excluding hydrogens is 212 g/mol. The van der Waals surface area contributed by atoms with Gasteiger partial charge in [0.2, 0.25) is 0 Å². The lowest BCUT2D eigenvalue weighted by atomic mass is 9.92. The van der Waals surface area contributed by atoms with Crippen LogP contribution in [0.3, 0.4) is 0 Å². The molecule has 1 aromatic rings. The first-order valence-corrected chi connectivity index (χ1v) is 6.05. The highest BCUT2D eigenvalue weighted by Gasteiger charge is 2.20. The minimum atomic E-state index is 0.241. The van der Waals surface area contributed by atoms with Crippen LogP contribution in [-0.2, 0) is 0 Å². The van der Waals surface area contributed by atoms with Crippen LogP contribution in [0.25, 0.3) is 0 Å². The summed E-state index contributed by atoms with van der Waals surface area (Å²) in [6.45, 7) is 8.68. The molecular formula is C13H24N4. The van der Waals surface area contributed by atoms with Crippen molar-refractivity contribution in [2.75, 3.05) is 27.2 Å². The molecule has 0 radical (unpaired) electrons. The molecule has 4 nitrogen and oxygen atoms in total. The molecule has 96 valence electrons. The molecule has 0 fully saturated rings. The molecule has 1 unspecified atom stereocenters. The van der Waals surface area contributed by atoms with E-state index in [1.54, 1.807) is 12.4 Å². The van der Waals surface area contributed by atoms with E-state index in [0.717, 1.165) is 18.8 Å². The second-order valence-corrected chi connectivity index (χ2v) is 5.63. The van der Waals surface area contributed by atoms with Crippen LogP contribution in [0.2, 0.25) is 0 Å². The zero-order valence-electron chi connectivity index (χ0n) is 11.6. The Kier molecular flexibility index (Phi) is 5.02. The van der Waals surface area contributed by atoms with E-state index in [9.17, 15) is 0 Å². The van der Waals surface area contributed by atoms with Gasteiger partial charge in [-0.2, -0.15) is 0 Å². The highest BCUT2D eigenvalue weighted by Crippen LogP contribution is 2.16. The Hall–Kier alpha value is -1.00. The lowest BCUT2D eigenvalue weighted by Gasteiger charge is -2.30. The fourth-order valence-corrected chi connectivity index (χ4v) is 1.98. The van der Waals surface area contributed by atoms with Crippen LogP contribution >= 0.6 is 0 Å². The number of rotatable bonds is 6. The van der Waals surface area contributed by atoms with Crippen molar-refractivity contribution in [2.45, 2.75) is 26.8 Å². The summed E-state index contributed by atoms with van der Waals surface area (Å²) in [5.41, 5.74) is 1.24. The highest BCUT2D eigenvalue weighted by atomic mass is 15.1. The first-order valence-electron chi connectivity index (χ1n) is 6.05. The van der Waals surface area contributed by atoms with Gasteiger partial charge in [0.1, 0.15) is 0 Å². The second kappa shape index (κ2) is 6.07. The van der Waals surface area contributed by atoms with Gasteiger partial charge in [0.15, 0.2) is 0 Å². The highest BCUT2D eigenvalue weighted by molar-refractivity contribution is 5.00. The molecule has 0 aliphatic carbocycles. The van der Waals surface area contributed by atoms with Crippen molar-refractivity contribution in [1.82, 2.24) is 20.2 Å². The normalized spacial score (nSPS) is 14.0. The molecule has 1 heterocycles. The fraction of sp³-hybridized carbons (Fsp3) is 0.692. The van der Waals surface area contributed by atoms with Gasteiger partial charge in [0.05, 0.1) is 5.69 Å². The first-order chi connectivity index (χ1) is 7.91. The van der Waals surface area contributed by atoms with E-state index >= 15 is 0 Å². The molecule has 0 aliphatic rings. The molecule has 0 saturated carbocycles. The Bertz CT molecular complexity index is 321. The number of hydrogen-bond acceptors (Lipinski definition) is 4. The standard InChI is InChI=1S/C13H24N4/c1-11(12-8-14-6-7-15-12)16-9-13(2,3)10-17(4)5/h6-8,11,16H,9-10H2,1-5H3. The van der Waals surface area contributed by atoms with Crippen LogP contribution in [0.1, 0.15) is 32.5 Å². The van der Waals surface area contributed by atoms with E-state index in [4.69, 9.17) is 0 Å². The van der Waals surface area contributed by atoms with E-state index in [2.05, 4.69) is 55.1 Å². The zero-order chi connectivity index (χ0) is 12.9. The van der Waals surface area contributed by atoms with Crippen LogP contribution in [0.15, 0.2) is 18.6 Å². The lowest BCUT2D eigenvalue weighted by molar-refractivity contribution is 0.226. The molecule has 17 heavy (non-hydrogen) atoms. The molecule has 4 heteroatoms. The third kappa shape index (κ3) is 5.24. The largest absolute Gasteiger partial charge is 0.309 e. The number of aromatic nitrogens is 2. The Morgan fingerprint density at radius 3 is 2.59 bits per heavy atom. The molecule has 1 aromatic heterocycles. The minimum Gasteiger partial charge on any atom is -0.309 e. The third-order valence-corrected chi connectivity index (χ3v) is 2.66. The fourth-order valence-electron chi connectivity index (χ4n) is 1.98. The Morgan fingerprint density at radius 2 is 2.06 bits per heavy atom. The lowest BCUT2D eigenvalue weighted by Crippen LogP contribution is -2.38. The summed E-state index contributed by atoms with van der Waals surface area (Å²) in [4.78, 5) is 10.6. The minimum absolute atomic E-state index is 0.241. The van der Waals surface area contributed by atoms with Gasteiger partial charge < -0.3 is 10.2 Å². The molecule has 0 spiro atoms. The average molecular weight is 236 g/mol. The smallest absolute Gasteiger partial charge is 0.0753 e. The maximum atomic E-state index is 4.30. The summed E-state index contributed by atoms with van der Waals surface area (Å²) < 4.78 is 0. The topological polar surface area (TPSA) is 41.0 Å². The average Bonchev–Trinajstić information content (AvgIpc) is 2.25. The predicted molar refractivity (Wildman–Crippen MR) is 70.8 cm³/mol. The van der Waals surface area contributed by atoms with Crippen molar-refractivity contribution in [1.29, 1.82) is 0 Å². The third-order valence-electron chi connectivity index (χ3n) is 2.66. The second-order valence-electron chi connectivity index (χ2n) is 5.63. The molecule has 0 bridgehead atoms. The van der Waals surface area contributed by atoms with Gasteiger partial charge in [-0.05, 0) is 26.4 Å². The van der Waals surface area contributed by atoms with Crippen LogP contribution < -0.4 is 5.32 Å². The van der Waals surface area contributed by atoms with E-state index in [-0.39, 0.29) is 11.5 Å². The molecule has 0 aromatic carbocycles. The van der Waals surface area contributed by atoms with Crippen LogP contribution in [0, 0.1) is 5.41 Å². The van der Waals surface area contributed by atoms with Crippen molar-refractivity contribution in [2.24, 2.45) is 5.41 Å². The molecule has 1 rings (SSSR count). The Morgan fingerprint density at radius 1 is 1.35 bits per heavy atom. The van der Waals surface area contributed by atoms with Gasteiger partial charge in [-0.15, -0.1) is 0 Å². The molecule has 0 amide bonds. The molecule has 1 atom stereocenters. The van der Waals surface area contributed by atoms with Crippen molar-refractivity contribution in [3.8, 4) is 0 Å². The van der Waals surface area contributed by atoms with Crippen LogP contribution in [0.4, 0.5) is 0 Å². The summed E-state index contributed by atoms with van der Waals surface area (Å²) in [6, 6.07) is 0.241. The van der Waals surface area contributed by atoms with Gasteiger partial charge in [0.25, 0.3) is 0 Å². The Balaban J connectivity index is 2.45. The molecule has 1 N–H and O–H groups in total. The maximum absolute atomic E-state index is 4.30. The van der Waals surface area contributed by atoms with Crippen LogP contribution in [0.5, 0.6) is 0 Å². The quantitative estimate of drug-likeness (QED) is 0.816. The molecule has 0 aliphatic heterocycles. The van der Waals surface area contributed by atoms with Gasteiger partial charge in [0, 0.05) is 37.7 Å². The van der Waals surface area contributed by atoms with Gasteiger partial charge in [-0.25, -0.2) is 0 Å². The van der Waals surface area contributed by atoms with E-state index in [1.807, 2.05) is 6.20 Å². The van der Waals surface area contributed by atoms with Gasteiger partial charge in [-0.3, -0.25) is 9.97 Å². The zero-order valence-corrected chi connectivity index (χ0v) is 11.6. The number of hydrogen-bond donors (Lipinski definition) is 1. The predicted octanol–water partition coefficient (Wildman–Crippen LogP) is 1.71. The summed E-state index contributed by atoms with van der Waals surface area (Å²) in [5, 5.41) is 3.52. The molecule has 0 saturated heterocycles. The maximum Gasteiger partial charge on any atom is 0.0753 e. The van der Waals surface area contributed by atoms with E-state index in [1.165, 1.54) is 0 Å². The number of nitrogens with zero attached hydrogens (tertiary/aromatic N) is 3. The summed E-state index contributed by atoms with van der Waals surface area (Å²) in [7, 11) is 4.21. The Labute approximate surface area is 104 Å². The SMILES string of the molecule is CC(NCC(C)(C)CN(C)C)c1cnccn1. The van der Waals surface area contributed by atoms with Crippen molar-refractivity contribution in [3.05, 3.63) is 24.3 Å². The summed E-state index contributed by atoms with van der Waals surface area (Å²) in [5.74, 6) is 0. The number of nitrogens with one attached hydrogen (secondary N) is 1. The first kappa shape index (κ1) is 14.1. The van der Waals surface area contributed by atoms with Gasteiger partial charge >= 0.3 is 0 Å². The summed E-state index contributed by atoms with van der Waals surface area (Å²) in [6.07, 6.45) is 5.25. The van der Waals surface area contributed by atoms with Crippen LogP contribution in [-0.4, -0.2) is 42.1 Å². The van der Waals surface area contributed by atoms with Gasteiger partial charge in [-0.1, -0.05) is 13.8 Å². The van der Waals surface area contributed by atoms with E-state index < -0.39 is 0 Å². The van der Waals surface area contributed by atoms with Crippen molar-refractivity contribution in [3.63, 3.8) is 0 Å². The van der Waals surface area contributed by atoms with Crippen molar-refractivity contribution < 1.29 is 0 Å². The van der Waals surface area contributed by atoms with Crippen molar-refractivity contribution >= 4 is 0 Å². The monoisotopic (exact) mass is 236 g/mol. The van der Waals surface area contributed by atoms with E-state index in [0.29, 0.717) is 0 Å². The summed E-state index contributed by atoms with van der Waals surface area (Å²) >= 11 is 0.